The summed E-state index contributed by atoms with van der Waals surface area (Å²) >= 11 is 6.17. The van der Waals surface area contributed by atoms with Gasteiger partial charge < -0.3 is 14.6 Å². The first-order valence-corrected chi connectivity index (χ1v) is 9.92. The van der Waals surface area contributed by atoms with Crippen molar-refractivity contribution in [2.24, 2.45) is 5.10 Å². The van der Waals surface area contributed by atoms with Gasteiger partial charge in [0.05, 0.1) is 13.3 Å². The first-order valence-electron chi connectivity index (χ1n) is 9.54. The van der Waals surface area contributed by atoms with E-state index in [1.54, 1.807) is 31.4 Å². The van der Waals surface area contributed by atoms with Gasteiger partial charge in [0.2, 0.25) is 0 Å². The molecule has 0 unspecified atom stereocenters. The minimum atomic E-state index is -0.869. The van der Waals surface area contributed by atoms with Gasteiger partial charge in [-0.2, -0.15) is 5.10 Å². The average molecular weight is 439 g/mol. The molecule has 0 radical (unpaired) electrons. The van der Waals surface area contributed by atoms with Gasteiger partial charge in [-0.05, 0) is 68.8 Å². The lowest BCUT2D eigenvalue weighted by molar-refractivity contribution is -0.136. The fourth-order valence-electron chi connectivity index (χ4n) is 3.19. The van der Waals surface area contributed by atoms with E-state index < -0.39 is 11.8 Å². The van der Waals surface area contributed by atoms with Crippen molar-refractivity contribution in [2.75, 3.05) is 12.4 Å². The number of anilines is 1. The molecular weight excluding hydrogens is 416 g/mol. The van der Waals surface area contributed by atoms with E-state index in [2.05, 4.69) is 20.4 Å². The Hall–Kier alpha value is -3.58. The van der Waals surface area contributed by atoms with Gasteiger partial charge >= 0.3 is 11.8 Å². The maximum absolute atomic E-state index is 12.0. The summed E-state index contributed by atoms with van der Waals surface area (Å²) < 4.78 is 7.13. The second kappa shape index (κ2) is 9.49. The fraction of sp³-hybridized carbons (Fsp3) is 0.174. The molecule has 0 atom stereocenters. The van der Waals surface area contributed by atoms with Crippen LogP contribution >= 0.6 is 11.6 Å². The second-order valence-corrected chi connectivity index (χ2v) is 7.41. The lowest BCUT2D eigenvalue weighted by atomic mass is 10.2. The van der Waals surface area contributed by atoms with Crippen LogP contribution < -0.4 is 15.5 Å². The predicted molar refractivity (Wildman–Crippen MR) is 122 cm³/mol. The van der Waals surface area contributed by atoms with Crippen molar-refractivity contribution in [3.8, 4) is 11.4 Å². The second-order valence-electron chi connectivity index (χ2n) is 6.97. The highest BCUT2D eigenvalue weighted by molar-refractivity contribution is 6.39. The number of hydrogen-bond acceptors (Lipinski definition) is 4. The number of nitrogens with one attached hydrogen (secondary N) is 2. The van der Waals surface area contributed by atoms with Crippen LogP contribution in [0.2, 0.25) is 5.02 Å². The van der Waals surface area contributed by atoms with Crippen molar-refractivity contribution in [2.45, 2.75) is 20.8 Å². The zero-order valence-electron chi connectivity index (χ0n) is 17.7. The third kappa shape index (κ3) is 5.13. The molecule has 0 aliphatic heterocycles. The summed E-state index contributed by atoms with van der Waals surface area (Å²) in [6.07, 6.45) is 1.51. The van der Waals surface area contributed by atoms with Crippen LogP contribution in [0.1, 0.15) is 22.5 Å². The van der Waals surface area contributed by atoms with Crippen LogP contribution in [0.15, 0.2) is 53.6 Å². The third-order valence-corrected chi connectivity index (χ3v) is 5.04. The topological polar surface area (TPSA) is 84.7 Å². The van der Waals surface area contributed by atoms with Crippen LogP contribution in [0.5, 0.6) is 5.75 Å². The minimum absolute atomic E-state index is 0.477. The van der Waals surface area contributed by atoms with E-state index >= 15 is 0 Å². The molecule has 8 heteroatoms. The number of carbonyl (C=O) groups excluding carboxylic acids is 2. The van der Waals surface area contributed by atoms with E-state index in [4.69, 9.17) is 16.3 Å². The number of hydrogen-bond donors (Lipinski definition) is 2. The normalized spacial score (nSPS) is 10.9. The van der Waals surface area contributed by atoms with Gasteiger partial charge in [-0.3, -0.25) is 9.59 Å². The molecule has 0 spiro atoms. The van der Waals surface area contributed by atoms with E-state index in [-0.39, 0.29) is 0 Å². The van der Waals surface area contributed by atoms with Crippen LogP contribution in [0.4, 0.5) is 5.69 Å². The molecule has 0 saturated carbocycles. The number of carbonyl (C=O) groups is 2. The molecule has 7 nitrogen and oxygen atoms in total. The molecule has 0 aliphatic carbocycles. The van der Waals surface area contributed by atoms with Gasteiger partial charge in [-0.15, -0.1) is 0 Å². The summed E-state index contributed by atoms with van der Waals surface area (Å²) in [5, 5.41) is 7.09. The summed E-state index contributed by atoms with van der Waals surface area (Å²) in [6, 6.07) is 14.3. The minimum Gasteiger partial charge on any atom is -0.497 e. The van der Waals surface area contributed by atoms with Crippen molar-refractivity contribution in [3.05, 3.63) is 76.1 Å². The molecule has 0 aliphatic rings. The Kier molecular flexibility index (Phi) is 6.77. The molecule has 0 bridgehead atoms. The molecule has 2 N–H and O–H groups in total. The largest absolute Gasteiger partial charge is 0.497 e. The number of hydrazone groups is 1. The SMILES string of the molecule is COc1ccc(NC(=O)C(=O)N/N=C\c2cc(C)n(-c3cc(Cl)ccc3C)c2C)cc1. The molecule has 0 fully saturated rings. The van der Waals surface area contributed by atoms with Gasteiger partial charge in [-0.25, -0.2) is 5.43 Å². The number of amides is 2. The Balaban J connectivity index is 1.68. The number of benzene rings is 2. The number of ether oxygens (including phenoxy) is 1. The van der Waals surface area contributed by atoms with Gasteiger partial charge in [0.1, 0.15) is 5.75 Å². The summed E-state index contributed by atoms with van der Waals surface area (Å²) in [5.41, 5.74) is 7.53. The molecule has 1 heterocycles. The van der Waals surface area contributed by atoms with Gasteiger partial charge in [0, 0.05) is 33.3 Å². The zero-order chi connectivity index (χ0) is 22.5. The van der Waals surface area contributed by atoms with Crippen LogP contribution in [0.25, 0.3) is 5.69 Å². The Morgan fingerprint density at radius 1 is 1.03 bits per heavy atom. The number of rotatable bonds is 5. The van der Waals surface area contributed by atoms with Crippen molar-refractivity contribution < 1.29 is 14.3 Å². The Bertz CT molecular complexity index is 1150. The highest BCUT2D eigenvalue weighted by Gasteiger charge is 2.14. The molecular formula is C23H23ClN4O3. The van der Waals surface area contributed by atoms with Gasteiger partial charge in [0.15, 0.2) is 0 Å². The van der Waals surface area contributed by atoms with E-state index in [0.717, 1.165) is 28.2 Å². The quantitative estimate of drug-likeness (QED) is 0.356. The summed E-state index contributed by atoms with van der Waals surface area (Å²) in [4.78, 5) is 24.1. The number of nitrogens with zero attached hydrogens (tertiary/aromatic N) is 2. The molecule has 2 amide bonds. The highest BCUT2D eigenvalue weighted by Crippen LogP contribution is 2.25. The molecule has 31 heavy (non-hydrogen) atoms. The van der Waals surface area contributed by atoms with E-state index in [0.29, 0.717) is 16.5 Å². The zero-order valence-corrected chi connectivity index (χ0v) is 18.4. The average Bonchev–Trinajstić information content (AvgIpc) is 3.03. The maximum Gasteiger partial charge on any atom is 0.329 e. The van der Waals surface area contributed by atoms with Crippen molar-refractivity contribution in [1.29, 1.82) is 0 Å². The van der Waals surface area contributed by atoms with Crippen LogP contribution in [-0.2, 0) is 9.59 Å². The smallest absolute Gasteiger partial charge is 0.329 e. The lowest BCUT2D eigenvalue weighted by Crippen LogP contribution is -2.32. The Morgan fingerprint density at radius 2 is 1.74 bits per heavy atom. The highest BCUT2D eigenvalue weighted by atomic mass is 35.5. The van der Waals surface area contributed by atoms with E-state index in [1.807, 2.05) is 45.0 Å². The predicted octanol–water partition coefficient (Wildman–Crippen LogP) is 4.15. The summed E-state index contributed by atoms with van der Waals surface area (Å²) in [6.45, 7) is 5.94. The molecule has 0 saturated heterocycles. The monoisotopic (exact) mass is 438 g/mol. The van der Waals surface area contributed by atoms with Crippen molar-refractivity contribution in [3.63, 3.8) is 0 Å². The van der Waals surface area contributed by atoms with Gasteiger partial charge in [0.25, 0.3) is 0 Å². The first kappa shape index (κ1) is 22.1. The Morgan fingerprint density at radius 3 is 2.42 bits per heavy atom. The van der Waals surface area contributed by atoms with Crippen LogP contribution in [0.3, 0.4) is 0 Å². The maximum atomic E-state index is 12.0. The number of methoxy groups -OCH3 is 1. The molecule has 1 aromatic heterocycles. The number of aryl methyl sites for hydroxylation is 2. The van der Waals surface area contributed by atoms with E-state index in [9.17, 15) is 9.59 Å². The van der Waals surface area contributed by atoms with Crippen molar-refractivity contribution >= 4 is 35.3 Å². The third-order valence-electron chi connectivity index (χ3n) is 4.81. The molecule has 3 rings (SSSR count). The Labute approximate surface area is 185 Å². The molecule has 2 aromatic carbocycles. The molecule has 3 aromatic rings. The number of halogens is 1. The molecule has 160 valence electrons. The van der Waals surface area contributed by atoms with Gasteiger partial charge in [-0.1, -0.05) is 17.7 Å². The fourth-order valence-corrected chi connectivity index (χ4v) is 3.35. The van der Waals surface area contributed by atoms with E-state index in [1.165, 1.54) is 6.21 Å². The van der Waals surface area contributed by atoms with Crippen molar-refractivity contribution in [1.82, 2.24) is 9.99 Å². The lowest BCUT2D eigenvalue weighted by Gasteiger charge is -2.13. The van der Waals surface area contributed by atoms with Crippen LogP contribution in [-0.4, -0.2) is 29.7 Å². The first-order chi connectivity index (χ1) is 14.8. The number of aromatic nitrogens is 1. The summed E-state index contributed by atoms with van der Waals surface area (Å²) in [7, 11) is 1.55. The standard InChI is InChI=1S/C23H23ClN4O3/c1-14-5-6-18(24)12-21(14)28-15(2)11-17(16(28)3)13-25-27-23(30)22(29)26-19-7-9-20(31-4)10-8-19/h5-13H,1-4H3,(H,26,29)(H,27,30)/b25-13-. The van der Waals surface area contributed by atoms with Crippen LogP contribution in [0, 0.1) is 20.8 Å². The summed E-state index contributed by atoms with van der Waals surface area (Å²) in [5.74, 6) is -1.04.